The number of aromatic nitrogens is 3. The minimum atomic E-state index is -0.594. The highest BCUT2D eigenvalue weighted by molar-refractivity contribution is 7.99. The third kappa shape index (κ3) is 5.28. The van der Waals surface area contributed by atoms with E-state index in [1.165, 1.54) is 11.8 Å². The zero-order chi connectivity index (χ0) is 20.3. The molecule has 1 atom stereocenters. The van der Waals surface area contributed by atoms with Crippen LogP contribution in [0.5, 0.6) is 0 Å². The fourth-order valence-electron chi connectivity index (χ4n) is 2.78. The number of nitrogens with one attached hydrogen (secondary N) is 2. The number of carbonyl (C=O) groups excluding carboxylic acids is 1. The van der Waals surface area contributed by atoms with Crippen molar-refractivity contribution in [2.75, 3.05) is 0 Å². The first-order chi connectivity index (χ1) is 13.2. The number of alkyl carbamates (subject to hydrolysis) is 1. The lowest BCUT2D eigenvalue weighted by atomic mass is 10.1. The molecule has 1 aromatic carbocycles. The van der Waals surface area contributed by atoms with E-state index in [9.17, 15) is 4.79 Å². The van der Waals surface area contributed by atoms with Gasteiger partial charge in [-0.25, -0.2) is 4.79 Å². The summed E-state index contributed by atoms with van der Waals surface area (Å²) in [7, 11) is 0. The van der Waals surface area contributed by atoms with Crippen LogP contribution in [0.1, 0.15) is 52.1 Å². The van der Waals surface area contributed by atoms with Gasteiger partial charge in [-0.2, -0.15) is 0 Å². The van der Waals surface area contributed by atoms with Crippen LogP contribution in [0.25, 0.3) is 10.9 Å². The van der Waals surface area contributed by atoms with Crippen LogP contribution < -0.4 is 5.32 Å². The molecule has 0 spiro atoms. The summed E-state index contributed by atoms with van der Waals surface area (Å²) in [6, 6.07) is 7.52. The molecule has 3 rings (SSSR count). The van der Waals surface area contributed by atoms with E-state index >= 15 is 0 Å². The number of ether oxygens (including phenoxy) is 1. The van der Waals surface area contributed by atoms with E-state index in [1.807, 2.05) is 51.2 Å². The van der Waals surface area contributed by atoms with E-state index < -0.39 is 17.7 Å². The maximum atomic E-state index is 12.4. The smallest absolute Gasteiger partial charge is 0.408 e. The molecule has 0 aliphatic heterocycles. The molecule has 8 heteroatoms. The average molecular weight is 403 g/mol. The predicted octanol–water partition coefficient (Wildman–Crippen LogP) is 4.86. The molecule has 0 aliphatic rings. The van der Waals surface area contributed by atoms with Crippen LogP contribution in [0.2, 0.25) is 0 Å². The first-order valence-corrected chi connectivity index (χ1v) is 10.1. The molecule has 0 fully saturated rings. The number of para-hydroxylation sites is 1. The number of hydrogen-bond acceptors (Lipinski definition) is 6. The Morgan fingerprint density at radius 3 is 2.75 bits per heavy atom. The summed E-state index contributed by atoms with van der Waals surface area (Å²) in [5.74, 6) is 0.360. The fraction of sp³-hybridized carbons (Fsp3) is 0.450. The van der Waals surface area contributed by atoms with Crippen molar-refractivity contribution in [3.05, 3.63) is 41.9 Å². The van der Waals surface area contributed by atoms with Gasteiger partial charge in [0, 0.05) is 28.8 Å². The second-order valence-electron chi connectivity index (χ2n) is 7.84. The minimum absolute atomic E-state index is 0.319. The number of hydrogen-bond donors (Lipinski definition) is 2. The molecule has 2 N–H and O–H groups in total. The van der Waals surface area contributed by atoms with Gasteiger partial charge < -0.3 is 19.5 Å². The zero-order valence-corrected chi connectivity index (χ0v) is 17.6. The van der Waals surface area contributed by atoms with Crippen molar-refractivity contribution in [2.24, 2.45) is 0 Å². The number of H-pyrrole nitrogens is 1. The molecule has 0 saturated carbocycles. The lowest BCUT2D eigenvalue weighted by molar-refractivity contribution is 0.0494. The van der Waals surface area contributed by atoms with Gasteiger partial charge in [0.05, 0.1) is 0 Å². The van der Waals surface area contributed by atoms with Gasteiger partial charge >= 0.3 is 6.09 Å². The largest absolute Gasteiger partial charge is 0.444 e. The van der Waals surface area contributed by atoms with Crippen LogP contribution in [0.4, 0.5) is 4.79 Å². The van der Waals surface area contributed by atoms with Crippen molar-refractivity contribution < 1.29 is 13.9 Å². The summed E-state index contributed by atoms with van der Waals surface area (Å²) in [6.07, 6.45) is 1.92. The zero-order valence-electron chi connectivity index (χ0n) is 16.8. The molecule has 1 amide bonds. The molecule has 7 nitrogen and oxygen atoms in total. The summed E-state index contributed by atoms with van der Waals surface area (Å²) in [6.45, 7) is 9.58. The Morgan fingerprint density at radius 2 is 2.04 bits per heavy atom. The van der Waals surface area contributed by atoms with Crippen LogP contribution in [-0.4, -0.2) is 32.1 Å². The van der Waals surface area contributed by atoms with Gasteiger partial charge in [-0.3, -0.25) is 0 Å². The second kappa shape index (κ2) is 8.26. The first-order valence-electron chi connectivity index (χ1n) is 9.26. The molecule has 2 aromatic heterocycles. The summed E-state index contributed by atoms with van der Waals surface area (Å²) in [4.78, 5) is 15.6. The third-order valence-corrected chi connectivity index (χ3v) is 4.68. The number of amides is 1. The summed E-state index contributed by atoms with van der Waals surface area (Å²) >= 11 is 1.49. The molecular formula is C20H26N4O3S. The number of aromatic amines is 1. The molecule has 0 radical (unpaired) electrons. The molecule has 0 aliphatic carbocycles. The van der Waals surface area contributed by atoms with Crippen LogP contribution in [0.3, 0.4) is 0 Å². The highest BCUT2D eigenvalue weighted by atomic mass is 32.2. The molecule has 28 heavy (non-hydrogen) atoms. The molecule has 0 unspecified atom stereocenters. The topological polar surface area (TPSA) is 93.0 Å². The van der Waals surface area contributed by atoms with E-state index in [-0.39, 0.29) is 0 Å². The lowest BCUT2D eigenvalue weighted by Gasteiger charge is -2.22. The molecule has 150 valence electrons. The maximum absolute atomic E-state index is 12.4. The van der Waals surface area contributed by atoms with Gasteiger partial charge in [-0.1, -0.05) is 43.8 Å². The van der Waals surface area contributed by atoms with Gasteiger partial charge in [0.2, 0.25) is 5.89 Å². The van der Waals surface area contributed by atoms with Crippen molar-refractivity contribution in [1.29, 1.82) is 0 Å². The Hall–Kier alpha value is -2.48. The molecular weight excluding hydrogens is 376 g/mol. The minimum Gasteiger partial charge on any atom is -0.444 e. The highest BCUT2D eigenvalue weighted by Crippen LogP contribution is 2.27. The first kappa shape index (κ1) is 20.3. The Balaban J connectivity index is 1.85. The SMILES string of the molecule is CC(C)Sc1nnc([C@H](Cc2c[nH]c3ccccc23)NC(=O)OC(C)(C)C)o1. The van der Waals surface area contributed by atoms with Gasteiger partial charge in [0.1, 0.15) is 11.6 Å². The monoisotopic (exact) mass is 402 g/mol. The van der Waals surface area contributed by atoms with Gasteiger partial charge in [-0.05, 0) is 32.4 Å². The Labute approximate surface area is 168 Å². The number of benzene rings is 1. The quantitative estimate of drug-likeness (QED) is 0.572. The number of thioether (sulfide) groups is 1. The van der Waals surface area contributed by atoms with Crippen molar-refractivity contribution in [3.8, 4) is 0 Å². The predicted molar refractivity (Wildman–Crippen MR) is 109 cm³/mol. The molecule has 0 bridgehead atoms. The summed E-state index contributed by atoms with van der Waals surface area (Å²) < 4.78 is 11.2. The number of rotatable bonds is 6. The number of fused-ring (bicyclic) bond motifs is 1. The van der Waals surface area contributed by atoms with Gasteiger partial charge in [0.15, 0.2) is 0 Å². The van der Waals surface area contributed by atoms with Crippen LogP contribution in [-0.2, 0) is 11.2 Å². The Kier molecular flexibility index (Phi) is 5.98. The van der Waals surface area contributed by atoms with Crippen molar-refractivity contribution >= 4 is 28.8 Å². The van der Waals surface area contributed by atoms with Crippen LogP contribution in [0, 0.1) is 0 Å². The van der Waals surface area contributed by atoms with E-state index in [1.54, 1.807) is 0 Å². The molecule has 3 aromatic rings. The van der Waals surface area contributed by atoms with E-state index in [2.05, 4.69) is 34.3 Å². The summed E-state index contributed by atoms with van der Waals surface area (Å²) in [5.41, 5.74) is 1.49. The fourth-order valence-corrected chi connectivity index (χ4v) is 3.41. The maximum Gasteiger partial charge on any atom is 0.408 e. The van der Waals surface area contributed by atoms with E-state index in [4.69, 9.17) is 9.15 Å². The molecule has 0 saturated heterocycles. The van der Waals surface area contributed by atoms with Crippen LogP contribution in [0.15, 0.2) is 40.1 Å². The second-order valence-corrected chi connectivity index (χ2v) is 9.36. The summed E-state index contributed by atoms with van der Waals surface area (Å²) in [5, 5.41) is 13.0. The van der Waals surface area contributed by atoms with Crippen molar-refractivity contribution in [1.82, 2.24) is 20.5 Å². The third-order valence-electron chi connectivity index (χ3n) is 3.85. The standard InChI is InChI=1S/C20H26N4O3S/c1-12(2)28-19-24-23-17(26-19)16(22-18(25)27-20(3,4)5)10-13-11-21-15-9-7-6-8-14(13)15/h6-9,11-12,16,21H,10H2,1-5H3,(H,22,25)/t16-/m0/s1. The van der Waals surface area contributed by atoms with Crippen molar-refractivity contribution in [3.63, 3.8) is 0 Å². The van der Waals surface area contributed by atoms with Gasteiger partial charge in [0.25, 0.3) is 5.22 Å². The van der Waals surface area contributed by atoms with Crippen LogP contribution >= 0.6 is 11.8 Å². The Morgan fingerprint density at radius 1 is 1.29 bits per heavy atom. The normalized spacial score (nSPS) is 13.1. The van der Waals surface area contributed by atoms with Gasteiger partial charge in [-0.15, -0.1) is 10.2 Å². The lowest BCUT2D eigenvalue weighted by Crippen LogP contribution is -2.36. The van der Waals surface area contributed by atoms with Crippen molar-refractivity contribution in [2.45, 2.75) is 63.2 Å². The average Bonchev–Trinajstić information content (AvgIpc) is 3.19. The Bertz CT molecular complexity index is 942. The number of nitrogens with zero attached hydrogens (tertiary/aromatic N) is 2. The number of carbonyl (C=O) groups is 1. The molecule has 2 heterocycles. The van der Waals surface area contributed by atoms with E-state index in [0.717, 1.165) is 16.5 Å². The highest BCUT2D eigenvalue weighted by Gasteiger charge is 2.26. The van der Waals surface area contributed by atoms with E-state index in [0.29, 0.717) is 22.8 Å².